The molecule has 3 aromatic carbocycles. The number of anilines is 1. The van der Waals surface area contributed by atoms with Crippen molar-refractivity contribution in [2.75, 3.05) is 26.1 Å². The van der Waals surface area contributed by atoms with Crippen LogP contribution in [0.15, 0.2) is 66.7 Å². The number of hydrogen-bond donors (Lipinski definition) is 1. The van der Waals surface area contributed by atoms with Gasteiger partial charge in [0.05, 0.1) is 31.7 Å². The number of imide groups is 1. The van der Waals surface area contributed by atoms with Crippen LogP contribution in [-0.4, -0.2) is 55.5 Å². The first-order valence-electron chi connectivity index (χ1n) is 14.5. The zero-order chi connectivity index (χ0) is 30.4. The predicted molar refractivity (Wildman–Crippen MR) is 158 cm³/mol. The molecule has 3 aliphatic carbocycles. The molecule has 7 rings (SSSR count). The summed E-state index contributed by atoms with van der Waals surface area (Å²) >= 11 is 0. The number of nitrogens with one attached hydrogen (secondary N) is 1. The average molecular weight is 583 g/mol. The van der Waals surface area contributed by atoms with Crippen LogP contribution < -0.4 is 14.8 Å². The van der Waals surface area contributed by atoms with Crippen molar-refractivity contribution in [1.82, 2.24) is 4.90 Å². The Bertz CT molecular complexity index is 1500. The van der Waals surface area contributed by atoms with Crippen molar-refractivity contribution < 1.29 is 33.4 Å². The van der Waals surface area contributed by atoms with Gasteiger partial charge in [-0.3, -0.25) is 19.3 Å². The Morgan fingerprint density at radius 1 is 0.814 bits per heavy atom. The lowest BCUT2D eigenvalue weighted by Crippen LogP contribution is -2.47. The van der Waals surface area contributed by atoms with Gasteiger partial charge in [-0.1, -0.05) is 62.4 Å². The summed E-state index contributed by atoms with van der Waals surface area (Å²) in [5.74, 6) is -2.93. The number of ether oxygens (including phenoxy) is 3. The predicted octanol–water partition coefficient (Wildman–Crippen LogP) is 4.49. The number of nitrogens with zero attached hydrogens (tertiary/aromatic N) is 1. The average Bonchev–Trinajstić information content (AvgIpc) is 3.28. The van der Waals surface area contributed by atoms with Gasteiger partial charge in [-0.25, -0.2) is 4.79 Å². The zero-order valence-corrected chi connectivity index (χ0v) is 24.5. The number of likely N-dealkylation sites (tertiary alicyclic amines) is 1. The van der Waals surface area contributed by atoms with Crippen LogP contribution in [-0.2, 0) is 23.9 Å². The molecule has 1 saturated heterocycles. The lowest BCUT2D eigenvalue weighted by atomic mass is 9.55. The Hall–Kier alpha value is -4.66. The summed E-state index contributed by atoms with van der Waals surface area (Å²) in [6.07, 6.45) is 0.221. The second-order valence-corrected chi connectivity index (χ2v) is 11.7. The van der Waals surface area contributed by atoms with Crippen molar-refractivity contribution in [3.63, 3.8) is 0 Å². The van der Waals surface area contributed by atoms with Gasteiger partial charge in [-0.15, -0.1) is 0 Å². The first-order valence-corrected chi connectivity index (χ1v) is 14.5. The Kier molecular flexibility index (Phi) is 7.42. The normalized spacial score (nSPS) is 22.0. The van der Waals surface area contributed by atoms with E-state index in [-0.39, 0.29) is 36.0 Å². The molecule has 0 aromatic heterocycles. The minimum atomic E-state index is -1.14. The summed E-state index contributed by atoms with van der Waals surface area (Å²) in [4.78, 5) is 55.8. The molecule has 0 radical (unpaired) electrons. The standard InChI is InChI=1S/C34H34N2O7/c1-18(2)15-25(34(40)43-17-27(37)35-24-14-13-19(41-3)16-26(24)42-4)36-32(38)30-28-20-9-5-6-10-21(20)29(31(30)33(36)39)23-12-8-7-11-22(23)28/h5-14,16,18,25,28-31H,15,17H2,1-4H3,(H,35,37)/t25-,28?,29?,30-,31+/m1/s1. The van der Waals surface area contributed by atoms with Gasteiger partial charge in [0, 0.05) is 17.9 Å². The van der Waals surface area contributed by atoms with Crippen molar-refractivity contribution in [1.29, 1.82) is 0 Å². The number of benzene rings is 3. The monoisotopic (exact) mass is 582 g/mol. The van der Waals surface area contributed by atoms with Crippen molar-refractivity contribution in [3.05, 3.63) is 89.0 Å². The highest BCUT2D eigenvalue weighted by Gasteiger charge is 2.63. The van der Waals surface area contributed by atoms with Crippen LogP contribution in [0, 0.1) is 17.8 Å². The van der Waals surface area contributed by atoms with Crippen LogP contribution in [0.1, 0.15) is 54.4 Å². The summed E-state index contributed by atoms with van der Waals surface area (Å²) in [6.45, 7) is 3.24. The zero-order valence-electron chi connectivity index (χ0n) is 24.5. The topological polar surface area (TPSA) is 111 Å². The highest BCUT2D eigenvalue weighted by Crippen LogP contribution is 2.61. The van der Waals surface area contributed by atoms with Crippen LogP contribution in [0.4, 0.5) is 5.69 Å². The molecule has 3 aromatic rings. The summed E-state index contributed by atoms with van der Waals surface area (Å²) in [5, 5.41) is 2.67. The number of rotatable bonds is 9. The fourth-order valence-electron chi connectivity index (χ4n) is 7.08. The van der Waals surface area contributed by atoms with Gasteiger partial charge in [-0.2, -0.15) is 0 Å². The van der Waals surface area contributed by atoms with E-state index >= 15 is 0 Å². The summed E-state index contributed by atoms with van der Waals surface area (Å²) in [5.41, 5.74) is 4.62. The third kappa shape index (κ3) is 4.73. The van der Waals surface area contributed by atoms with Crippen LogP contribution in [0.25, 0.3) is 0 Å². The highest BCUT2D eigenvalue weighted by molar-refractivity contribution is 6.10. The minimum absolute atomic E-state index is 0.0238. The van der Waals surface area contributed by atoms with Gasteiger partial charge in [0.25, 0.3) is 5.91 Å². The number of carbonyl (C=O) groups excluding carboxylic acids is 4. The number of esters is 1. The van der Waals surface area contributed by atoms with Gasteiger partial charge in [0.15, 0.2) is 6.61 Å². The highest BCUT2D eigenvalue weighted by atomic mass is 16.5. The van der Waals surface area contributed by atoms with Gasteiger partial charge in [-0.05, 0) is 46.7 Å². The molecule has 43 heavy (non-hydrogen) atoms. The third-order valence-electron chi connectivity index (χ3n) is 8.79. The van der Waals surface area contributed by atoms with E-state index in [0.717, 1.165) is 27.2 Å². The quantitative estimate of drug-likeness (QED) is 0.292. The second kappa shape index (κ2) is 11.2. The molecule has 9 heteroatoms. The molecule has 3 amide bonds. The maximum absolute atomic E-state index is 14.2. The van der Waals surface area contributed by atoms with Gasteiger partial charge in [0.1, 0.15) is 17.5 Å². The van der Waals surface area contributed by atoms with Crippen LogP contribution in [0.5, 0.6) is 11.5 Å². The van der Waals surface area contributed by atoms with Crippen molar-refractivity contribution >= 4 is 29.4 Å². The minimum Gasteiger partial charge on any atom is -0.497 e. The molecule has 1 aliphatic heterocycles. The van der Waals surface area contributed by atoms with E-state index in [9.17, 15) is 19.2 Å². The summed E-state index contributed by atoms with van der Waals surface area (Å²) in [6, 6.07) is 19.8. The molecule has 2 bridgehead atoms. The molecule has 222 valence electrons. The van der Waals surface area contributed by atoms with Crippen molar-refractivity contribution in [2.24, 2.45) is 17.8 Å². The summed E-state index contributed by atoms with van der Waals surface area (Å²) < 4.78 is 16.0. The lowest BCUT2D eigenvalue weighted by Gasteiger charge is -2.45. The number of hydrogen-bond acceptors (Lipinski definition) is 7. The Labute approximate surface area is 250 Å². The van der Waals surface area contributed by atoms with Crippen molar-refractivity contribution in [3.8, 4) is 11.5 Å². The first kappa shape index (κ1) is 28.5. The van der Waals surface area contributed by atoms with Gasteiger partial charge >= 0.3 is 5.97 Å². The number of methoxy groups -OCH3 is 2. The van der Waals surface area contributed by atoms with E-state index in [2.05, 4.69) is 5.32 Å². The maximum Gasteiger partial charge on any atom is 0.329 e. The third-order valence-corrected chi connectivity index (χ3v) is 8.79. The van der Waals surface area contributed by atoms with Gasteiger partial charge < -0.3 is 19.5 Å². The van der Waals surface area contributed by atoms with Crippen LogP contribution >= 0.6 is 0 Å². The molecule has 1 fully saturated rings. The Morgan fingerprint density at radius 2 is 1.35 bits per heavy atom. The molecular weight excluding hydrogens is 548 g/mol. The fraction of sp³-hybridized carbons (Fsp3) is 0.353. The second-order valence-electron chi connectivity index (χ2n) is 11.7. The first-order chi connectivity index (χ1) is 20.7. The Balaban J connectivity index is 1.24. The largest absolute Gasteiger partial charge is 0.497 e. The molecular formula is C34H34N2O7. The summed E-state index contributed by atoms with van der Waals surface area (Å²) in [7, 11) is 2.99. The molecule has 1 N–H and O–H groups in total. The molecule has 0 saturated carbocycles. The number of carbonyl (C=O) groups is 4. The van der Waals surface area contributed by atoms with Crippen molar-refractivity contribution in [2.45, 2.75) is 38.1 Å². The lowest BCUT2D eigenvalue weighted by molar-refractivity contribution is -0.160. The van der Waals surface area contributed by atoms with Crippen LogP contribution in [0.3, 0.4) is 0 Å². The molecule has 1 heterocycles. The van der Waals surface area contributed by atoms with Crippen LogP contribution in [0.2, 0.25) is 0 Å². The molecule has 3 atom stereocenters. The van der Waals surface area contributed by atoms with E-state index in [4.69, 9.17) is 14.2 Å². The Morgan fingerprint density at radius 3 is 1.81 bits per heavy atom. The molecule has 0 spiro atoms. The van der Waals surface area contributed by atoms with E-state index < -0.39 is 36.4 Å². The van der Waals surface area contributed by atoms with E-state index in [1.807, 2.05) is 62.4 Å². The maximum atomic E-state index is 14.2. The molecule has 4 aliphatic rings. The molecule has 9 nitrogen and oxygen atoms in total. The SMILES string of the molecule is COc1ccc(NC(=O)COC(=O)[C@@H](CC(C)C)N2C(=O)[C@@H]3C4c5ccccc5C(c5ccccc54)[C@@H]3C2=O)c(OC)c1. The number of amides is 3. The van der Waals surface area contributed by atoms with Gasteiger partial charge in [0.2, 0.25) is 11.8 Å². The molecule has 0 unspecified atom stereocenters. The smallest absolute Gasteiger partial charge is 0.329 e. The van der Waals surface area contributed by atoms with E-state index in [0.29, 0.717) is 17.2 Å². The van der Waals surface area contributed by atoms with E-state index in [1.165, 1.54) is 14.2 Å². The fourth-order valence-corrected chi connectivity index (χ4v) is 7.08. The van der Waals surface area contributed by atoms with E-state index in [1.54, 1.807) is 18.2 Å².